The highest BCUT2D eigenvalue weighted by molar-refractivity contribution is 6.30. The molecule has 0 N–H and O–H groups in total. The minimum atomic E-state index is -0.0911. The first-order valence-corrected chi connectivity index (χ1v) is 11.9. The first-order valence-electron chi connectivity index (χ1n) is 11.2. The summed E-state index contributed by atoms with van der Waals surface area (Å²) in [5, 5.41) is 1.49. The molecule has 1 heterocycles. The third-order valence-electron chi connectivity index (χ3n) is 6.66. The average Bonchev–Trinajstić information content (AvgIpc) is 2.71. The van der Waals surface area contributed by atoms with Gasteiger partial charge < -0.3 is 0 Å². The summed E-state index contributed by atoms with van der Waals surface area (Å²) in [5.74, 6) is 1.00. The van der Waals surface area contributed by atoms with Crippen LogP contribution >= 0.6 is 23.2 Å². The summed E-state index contributed by atoms with van der Waals surface area (Å²) in [5.41, 5.74) is 2.46. The third kappa shape index (κ3) is 4.93. The first kappa shape index (κ1) is 23.3. The summed E-state index contributed by atoms with van der Waals surface area (Å²) >= 11 is 12.6. The number of halogens is 2. The molecule has 4 heteroatoms. The molecule has 0 aromatic heterocycles. The molecule has 1 saturated heterocycles. The van der Waals surface area contributed by atoms with E-state index in [4.69, 9.17) is 23.2 Å². The van der Waals surface area contributed by atoms with Gasteiger partial charge in [-0.3, -0.25) is 9.69 Å². The molecule has 0 aliphatic carbocycles. The Balaban J connectivity index is 2.18. The summed E-state index contributed by atoms with van der Waals surface area (Å²) in [7, 11) is 0. The van der Waals surface area contributed by atoms with Crippen molar-refractivity contribution in [3.8, 4) is 0 Å². The molecule has 1 aliphatic heterocycles. The number of hydrogen-bond donors (Lipinski definition) is 0. The predicted octanol–water partition coefficient (Wildman–Crippen LogP) is 7.70. The van der Waals surface area contributed by atoms with E-state index in [1.54, 1.807) is 6.92 Å². The molecule has 2 nitrogen and oxygen atoms in total. The van der Waals surface area contributed by atoms with Gasteiger partial charge in [-0.2, -0.15) is 0 Å². The maximum Gasteiger partial charge on any atom is 0.146 e. The van der Waals surface area contributed by atoms with Gasteiger partial charge in [0.15, 0.2) is 0 Å². The summed E-state index contributed by atoms with van der Waals surface area (Å²) < 4.78 is 0. The number of hydrogen-bond acceptors (Lipinski definition) is 2. The number of carbonyl (C=O) groups excluding carboxylic acids is 1. The van der Waals surface area contributed by atoms with E-state index in [1.165, 1.54) is 11.1 Å². The molecule has 30 heavy (non-hydrogen) atoms. The second kappa shape index (κ2) is 10.3. The Labute approximate surface area is 191 Å². The largest absolute Gasteiger partial charge is 0.298 e. The van der Waals surface area contributed by atoms with Crippen molar-refractivity contribution in [1.82, 2.24) is 4.90 Å². The van der Waals surface area contributed by atoms with Crippen molar-refractivity contribution in [3.05, 3.63) is 69.7 Å². The van der Waals surface area contributed by atoms with Crippen LogP contribution in [0.15, 0.2) is 48.5 Å². The smallest absolute Gasteiger partial charge is 0.146 e. The van der Waals surface area contributed by atoms with Crippen LogP contribution in [0.4, 0.5) is 0 Å². The topological polar surface area (TPSA) is 20.3 Å². The lowest BCUT2D eigenvalue weighted by molar-refractivity contribution is -0.127. The highest BCUT2D eigenvalue weighted by Crippen LogP contribution is 2.49. The van der Waals surface area contributed by atoms with E-state index >= 15 is 0 Å². The van der Waals surface area contributed by atoms with Crippen LogP contribution in [-0.4, -0.2) is 22.8 Å². The molecular formula is C26H33Cl2NO. The van der Waals surface area contributed by atoms with Crippen LogP contribution in [-0.2, 0) is 4.79 Å². The molecule has 2 aromatic rings. The molecule has 5 atom stereocenters. The van der Waals surface area contributed by atoms with E-state index in [9.17, 15) is 4.79 Å². The van der Waals surface area contributed by atoms with Crippen LogP contribution in [0, 0.1) is 5.92 Å². The molecule has 0 saturated carbocycles. The zero-order valence-corrected chi connectivity index (χ0v) is 20.0. The summed E-state index contributed by atoms with van der Waals surface area (Å²) in [4.78, 5) is 15.3. The fraction of sp³-hybridized carbons (Fsp3) is 0.500. The Morgan fingerprint density at radius 3 is 2.33 bits per heavy atom. The van der Waals surface area contributed by atoms with Crippen molar-refractivity contribution < 1.29 is 4.79 Å². The average molecular weight is 446 g/mol. The van der Waals surface area contributed by atoms with E-state index < -0.39 is 0 Å². The van der Waals surface area contributed by atoms with Crippen molar-refractivity contribution in [2.75, 3.05) is 0 Å². The SMILES string of the molecule is CCCC1C(C)CC(c2cccc(Cl)c2)C(c2ccc(Cl)cc2)N1[C@@H](CC)C(C)=O. The zero-order valence-electron chi connectivity index (χ0n) is 18.4. The third-order valence-corrected chi connectivity index (χ3v) is 7.14. The van der Waals surface area contributed by atoms with Crippen molar-refractivity contribution in [2.24, 2.45) is 5.92 Å². The van der Waals surface area contributed by atoms with Gasteiger partial charge in [0, 0.05) is 28.0 Å². The molecule has 162 valence electrons. The molecule has 2 aromatic carbocycles. The fourth-order valence-corrected chi connectivity index (χ4v) is 5.70. The number of nitrogens with zero attached hydrogens (tertiary/aromatic N) is 1. The lowest BCUT2D eigenvalue weighted by Crippen LogP contribution is -2.55. The van der Waals surface area contributed by atoms with E-state index in [-0.39, 0.29) is 23.8 Å². The van der Waals surface area contributed by atoms with Crippen molar-refractivity contribution in [1.29, 1.82) is 0 Å². The van der Waals surface area contributed by atoms with Crippen molar-refractivity contribution in [3.63, 3.8) is 0 Å². The normalized spacial score (nSPS) is 25.8. The van der Waals surface area contributed by atoms with E-state index in [1.807, 2.05) is 24.3 Å². The Kier molecular flexibility index (Phi) is 8.01. The van der Waals surface area contributed by atoms with E-state index in [0.717, 1.165) is 35.7 Å². The van der Waals surface area contributed by atoms with Crippen LogP contribution < -0.4 is 0 Å². The van der Waals surface area contributed by atoms with Gasteiger partial charge in [0.25, 0.3) is 0 Å². The number of benzene rings is 2. The highest BCUT2D eigenvalue weighted by atomic mass is 35.5. The zero-order chi connectivity index (χ0) is 21.8. The second-order valence-corrected chi connectivity index (χ2v) is 9.58. The minimum Gasteiger partial charge on any atom is -0.298 e. The Hall–Kier alpha value is -1.35. The molecule has 4 unspecified atom stereocenters. The van der Waals surface area contributed by atoms with E-state index in [0.29, 0.717) is 12.0 Å². The number of rotatable bonds is 7. The molecule has 3 rings (SSSR count). The minimum absolute atomic E-state index is 0.0911. The van der Waals surface area contributed by atoms with Gasteiger partial charge in [-0.1, -0.05) is 74.7 Å². The highest BCUT2D eigenvalue weighted by Gasteiger charge is 2.45. The Morgan fingerprint density at radius 1 is 1.07 bits per heavy atom. The number of piperidine rings is 1. The van der Waals surface area contributed by atoms with Gasteiger partial charge in [-0.15, -0.1) is 0 Å². The van der Waals surface area contributed by atoms with Crippen LogP contribution in [0.3, 0.4) is 0 Å². The maximum atomic E-state index is 12.8. The molecule has 0 radical (unpaired) electrons. The Morgan fingerprint density at radius 2 is 1.77 bits per heavy atom. The molecular weight excluding hydrogens is 413 g/mol. The number of likely N-dealkylation sites (tertiary alicyclic amines) is 1. The Bertz CT molecular complexity index is 850. The van der Waals surface area contributed by atoms with E-state index in [2.05, 4.69) is 49.9 Å². The van der Waals surface area contributed by atoms with Gasteiger partial charge in [-0.25, -0.2) is 0 Å². The lowest BCUT2D eigenvalue weighted by atomic mass is 9.71. The number of ketones is 1. The molecule has 0 amide bonds. The standard InChI is InChI=1S/C26H33Cl2NO/c1-5-8-25-17(3)15-23(20-9-7-10-22(28)16-20)26(19-11-13-21(27)14-12-19)29(25)24(6-2)18(4)30/h7,9-14,16-17,23-26H,5-6,8,15H2,1-4H3/t17?,23?,24-,25?,26?/m0/s1. The van der Waals surface area contributed by atoms with Crippen LogP contribution in [0.25, 0.3) is 0 Å². The van der Waals surface area contributed by atoms with Gasteiger partial charge in [0.05, 0.1) is 6.04 Å². The molecule has 1 fully saturated rings. The number of Topliss-reactive ketones (excluding diaryl/α,β-unsaturated/α-hetero) is 1. The lowest BCUT2D eigenvalue weighted by Gasteiger charge is -2.52. The van der Waals surface area contributed by atoms with Crippen molar-refractivity contribution in [2.45, 2.75) is 77.4 Å². The molecule has 1 aliphatic rings. The first-order chi connectivity index (χ1) is 14.4. The van der Waals surface area contributed by atoms with Crippen LogP contribution in [0.2, 0.25) is 10.0 Å². The fourth-order valence-electron chi connectivity index (χ4n) is 5.38. The quantitative estimate of drug-likeness (QED) is 0.434. The van der Waals surface area contributed by atoms with Gasteiger partial charge in [-0.05, 0) is 67.5 Å². The predicted molar refractivity (Wildman–Crippen MR) is 127 cm³/mol. The molecule has 0 spiro atoms. The summed E-state index contributed by atoms with van der Waals surface area (Å²) in [6.07, 6.45) is 4.09. The van der Waals surface area contributed by atoms with Crippen LogP contribution in [0.1, 0.15) is 76.5 Å². The second-order valence-electron chi connectivity index (χ2n) is 8.71. The van der Waals surface area contributed by atoms with Gasteiger partial charge in [0.2, 0.25) is 0 Å². The number of carbonyl (C=O) groups is 1. The van der Waals surface area contributed by atoms with Crippen LogP contribution in [0.5, 0.6) is 0 Å². The monoisotopic (exact) mass is 445 g/mol. The van der Waals surface area contributed by atoms with Crippen molar-refractivity contribution >= 4 is 29.0 Å². The maximum absolute atomic E-state index is 12.8. The molecule has 0 bridgehead atoms. The van der Waals surface area contributed by atoms with Gasteiger partial charge in [0.1, 0.15) is 5.78 Å². The summed E-state index contributed by atoms with van der Waals surface area (Å²) in [6.45, 7) is 8.45. The summed E-state index contributed by atoms with van der Waals surface area (Å²) in [6, 6.07) is 16.8. The van der Waals surface area contributed by atoms with Gasteiger partial charge >= 0.3 is 0 Å².